The minimum atomic E-state index is 1.14. The predicted octanol–water partition coefficient (Wildman–Crippen LogP) is 17.4. The summed E-state index contributed by atoms with van der Waals surface area (Å²) < 4.78 is 5.23. The number of thiophene rings is 2. The molecule has 0 aliphatic heterocycles. The number of hydrogen-bond acceptors (Lipinski definition) is 4. The number of rotatable bonds is 6. The van der Waals surface area contributed by atoms with Gasteiger partial charge in [0.15, 0.2) is 0 Å². The lowest BCUT2D eigenvalue weighted by atomic mass is 9.93. The second-order valence-corrected chi connectivity index (χ2v) is 18.1. The van der Waals surface area contributed by atoms with Gasteiger partial charge in [-0.05, 0) is 131 Å². The van der Waals surface area contributed by atoms with Crippen molar-refractivity contribution in [2.45, 2.75) is 13.8 Å². The van der Waals surface area contributed by atoms with E-state index in [1.165, 1.54) is 83.8 Å². The van der Waals surface area contributed by atoms with Crippen molar-refractivity contribution in [1.29, 1.82) is 0 Å². The number of nitrogens with zero attached hydrogens (tertiary/aromatic N) is 2. The van der Waals surface area contributed by atoms with E-state index in [0.717, 1.165) is 34.1 Å². The molecule has 284 valence electrons. The van der Waals surface area contributed by atoms with Gasteiger partial charge in [-0.15, -0.1) is 22.7 Å². The molecule has 0 saturated carbocycles. The van der Waals surface area contributed by atoms with Gasteiger partial charge in [0.1, 0.15) is 0 Å². The van der Waals surface area contributed by atoms with Crippen LogP contribution in [-0.4, -0.2) is 0 Å². The Morgan fingerprint density at radius 2 is 0.633 bits per heavy atom. The molecule has 0 radical (unpaired) electrons. The van der Waals surface area contributed by atoms with Gasteiger partial charge in [0.25, 0.3) is 0 Å². The average Bonchev–Trinajstić information content (AvgIpc) is 3.85. The molecule has 0 fully saturated rings. The van der Waals surface area contributed by atoms with Crippen LogP contribution in [0, 0.1) is 13.8 Å². The quantitative estimate of drug-likeness (QED) is 0.155. The molecule has 0 N–H and O–H groups in total. The molecule has 60 heavy (non-hydrogen) atoms. The average molecular weight is 803 g/mol. The Labute approximate surface area is 356 Å². The lowest BCUT2D eigenvalue weighted by Crippen LogP contribution is -2.12. The molecule has 12 rings (SSSR count). The van der Waals surface area contributed by atoms with E-state index < -0.39 is 0 Å². The van der Waals surface area contributed by atoms with Crippen LogP contribution >= 0.6 is 22.7 Å². The van der Waals surface area contributed by atoms with E-state index in [1.54, 1.807) is 0 Å². The highest BCUT2D eigenvalue weighted by atomic mass is 32.1. The van der Waals surface area contributed by atoms with Crippen molar-refractivity contribution in [2.75, 3.05) is 9.80 Å². The summed E-state index contributed by atoms with van der Waals surface area (Å²) in [6.07, 6.45) is 0. The molecule has 0 aliphatic rings. The van der Waals surface area contributed by atoms with Gasteiger partial charge in [-0.2, -0.15) is 0 Å². The van der Waals surface area contributed by atoms with Crippen LogP contribution in [0.15, 0.2) is 194 Å². The summed E-state index contributed by atoms with van der Waals surface area (Å²) in [6.45, 7) is 4.37. The standard InChI is InChI=1S/C56H38N2S2/c1-35-13-11-15-37(29-35)57(39-25-27-55-49(31-39)45-21-7-9-23-53(45)59-55)51-33-47-42-18-4-6-20-44(42)52(34-48(47)41-17-3-5-19-43(41)51)58(38-16-12-14-36(2)30-38)40-26-28-56-50(32-40)46-22-8-10-24-54(46)60-56/h3-34H,1-2H3. The molecule has 2 nitrogen and oxygen atoms in total. The maximum Gasteiger partial charge on any atom is 0.0546 e. The summed E-state index contributed by atoms with van der Waals surface area (Å²) in [7, 11) is 0. The lowest BCUT2D eigenvalue weighted by molar-refractivity contribution is 1.29. The van der Waals surface area contributed by atoms with Gasteiger partial charge in [0.05, 0.1) is 11.4 Å². The fourth-order valence-corrected chi connectivity index (χ4v) is 11.6. The third kappa shape index (κ3) is 5.60. The first-order chi connectivity index (χ1) is 29.6. The summed E-state index contributed by atoms with van der Waals surface area (Å²) in [5, 5.41) is 12.5. The Balaban J connectivity index is 1.15. The van der Waals surface area contributed by atoms with Gasteiger partial charge in [-0.25, -0.2) is 0 Å². The van der Waals surface area contributed by atoms with Crippen molar-refractivity contribution < 1.29 is 0 Å². The Hall–Kier alpha value is -6.98. The number of hydrogen-bond donors (Lipinski definition) is 0. The molecule has 0 bridgehead atoms. The Morgan fingerprint density at radius 3 is 1.07 bits per heavy atom. The van der Waals surface area contributed by atoms with Crippen LogP contribution in [0.5, 0.6) is 0 Å². The predicted molar refractivity (Wildman–Crippen MR) is 264 cm³/mol. The van der Waals surface area contributed by atoms with Crippen molar-refractivity contribution >= 4 is 129 Å². The van der Waals surface area contributed by atoms with Crippen LogP contribution in [0.1, 0.15) is 11.1 Å². The van der Waals surface area contributed by atoms with E-state index in [-0.39, 0.29) is 0 Å². The van der Waals surface area contributed by atoms with Gasteiger partial charge in [0, 0.05) is 73.9 Å². The number of benzene rings is 10. The maximum absolute atomic E-state index is 2.47. The minimum absolute atomic E-state index is 1.14. The molecule has 2 aromatic heterocycles. The highest BCUT2D eigenvalue weighted by molar-refractivity contribution is 7.26. The fraction of sp³-hybridized carbons (Fsp3) is 0.0357. The van der Waals surface area contributed by atoms with Crippen LogP contribution in [-0.2, 0) is 0 Å². The van der Waals surface area contributed by atoms with Gasteiger partial charge >= 0.3 is 0 Å². The molecule has 4 heteroatoms. The molecule has 0 spiro atoms. The zero-order chi connectivity index (χ0) is 39.9. The summed E-state index contributed by atoms with van der Waals surface area (Å²) in [4.78, 5) is 4.95. The second-order valence-electron chi connectivity index (χ2n) is 15.9. The smallest absolute Gasteiger partial charge is 0.0546 e. The zero-order valence-electron chi connectivity index (χ0n) is 33.2. The van der Waals surface area contributed by atoms with Crippen molar-refractivity contribution in [1.82, 2.24) is 0 Å². The van der Waals surface area contributed by atoms with Crippen LogP contribution in [0.2, 0.25) is 0 Å². The van der Waals surface area contributed by atoms with E-state index in [0.29, 0.717) is 0 Å². The Bertz CT molecular complexity index is 3430. The van der Waals surface area contributed by atoms with Crippen LogP contribution in [0.3, 0.4) is 0 Å². The summed E-state index contributed by atoms with van der Waals surface area (Å²) in [5.74, 6) is 0. The summed E-state index contributed by atoms with van der Waals surface area (Å²) >= 11 is 3.72. The van der Waals surface area contributed by atoms with E-state index in [1.807, 2.05) is 22.7 Å². The van der Waals surface area contributed by atoms with Crippen molar-refractivity contribution in [2.24, 2.45) is 0 Å². The van der Waals surface area contributed by atoms with E-state index >= 15 is 0 Å². The highest BCUT2D eigenvalue weighted by Gasteiger charge is 2.23. The van der Waals surface area contributed by atoms with Crippen LogP contribution < -0.4 is 9.80 Å². The minimum Gasteiger partial charge on any atom is -0.310 e. The third-order valence-corrected chi connectivity index (χ3v) is 14.4. The summed E-state index contributed by atoms with van der Waals surface area (Å²) in [6, 6.07) is 72.2. The SMILES string of the molecule is Cc1cccc(N(c2ccc3sc4ccccc4c3c2)c2cc3c4ccccc4c(N(c4cccc(C)c4)c4ccc5sc6ccccc6c5c4)cc3c3ccccc23)c1. The van der Waals surface area contributed by atoms with Gasteiger partial charge in [0.2, 0.25) is 0 Å². The topological polar surface area (TPSA) is 6.48 Å². The molecule has 0 amide bonds. The number of anilines is 6. The van der Waals surface area contributed by atoms with E-state index in [2.05, 4.69) is 218 Å². The molecule has 2 heterocycles. The third-order valence-electron chi connectivity index (χ3n) is 12.1. The molecular formula is C56H38N2S2. The summed E-state index contributed by atoms with van der Waals surface area (Å²) in [5.41, 5.74) is 9.33. The Morgan fingerprint density at radius 1 is 0.267 bits per heavy atom. The maximum atomic E-state index is 2.47. The first kappa shape index (κ1) is 35.0. The second kappa shape index (κ2) is 13.8. The molecule has 10 aromatic carbocycles. The monoisotopic (exact) mass is 802 g/mol. The van der Waals surface area contributed by atoms with Crippen molar-refractivity contribution in [3.8, 4) is 0 Å². The van der Waals surface area contributed by atoms with Gasteiger partial charge < -0.3 is 9.80 Å². The first-order valence-corrected chi connectivity index (χ1v) is 22.1. The largest absolute Gasteiger partial charge is 0.310 e. The highest BCUT2D eigenvalue weighted by Crippen LogP contribution is 2.49. The lowest BCUT2D eigenvalue weighted by Gasteiger charge is -2.30. The van der Waals surface area contributed by atoms with Crippen LogP contribution in [0.4, 0.5) is 34.1 Å². The molecule has 0 unspecified atom stereocenters. The molecular weight excluding hydrogens is 765 g/mol. The fourth-order valence-electron chi connectivity index (χ4n) is 9.38. The van der Waals surface area contributed by atoms with Gasteiger partial charge in [-0.3, -0.25) is 0 Å². The first-order valence-electron chi connectivity index (χ1n) is 20.5. The molecule has 0 saturated heterocycles. The normalized spacial score (nSPS) is 11.8. The molecule has 12 aromatic rings. The molecule has 0 atom stereocenters. The zero-order valence-corrected chi connectivity index (χ0v) is 34.8. The molecule has 0 aliphatic carbocycles. The van der Waals surface area contributed by atoms with Gasteiger partial charge in [-0.1, -0.05) is 109 Å². The van der Waals surface area contributed by atoms with Crippen molar-refractivity contribution in [3.63, 3.8) is 0 Å². The van der Waals surface area contributed by atoms with E-state index in [9.17, 15) is 0 Å². The number of fused-ring (bicyclic) bond motifs is 11. The number of aryl methyl sites for hydroxylation is 2. The van der Waals surface area contributed by atoms with Crippen LogP contribution in [0.25, 0.3) is 72.7 Å². The van der Waals surface area contributed by atoms with E-state index in [4.69, 9.17) is 0 Å². The van der Waals surface area contributed by atoms with Crippen molar-refractivity contribution in [3.05, 3.63) is 205 Å². The Kier molecular flexibility index (Phi) is 8.06.